The minimum atomic E-state index is -0.0718. The normalized spacial score (nSPS) is 10.9. The summed E-state index contributed by atoms with van der Waals surface area (Å²) in [5, 5.41) is 0.599. The van der Waals surface area contributed by atoms with Crippen molar-refractivity contribution in [1.82, 2.24) is 4.57 Å². The van der Waals surface area contributed by atoms with Gasteiger partial charge in [-0.25, -0.2) is 0 Å². The molecule has 2 heterocycles. The van der Waals surface area contributed by atoms with Crippen LogP contribution in [0.4, 0.5) is 0 Å². The zero-order valence-corrected chi connectivity index (χ0v) is 13.5. The smallest absolute Gasteiger partial charge is 0.190 e. The molecule has 0 bridgehead atoms. The lowest BCUT2D eigenvalue weighted by atomic mass is 10.1. The van der Waals surface area contributed by atoms with Gasteiger partial charge in [0.25, 0.3) is 0 Å². The third-order valence-electron chi connectivity index (χ3n) is 3.79. The Kier molecular flexibility index (Phi) is 4.10. The van der Waals surface area contributed by atoms with Gasteiger partial charge in [-0.05, 0) is 32.0 Å². The van der Waals surface area contributed by atoms with Crippen LogP contribution in [0.1, 0.15) is 13.8 Å². The van der Waals surface area contributed by atoms with Gasteiger partial charge in [0.15, 0.2) is 16.9 Å². The molecule has 2 aromatic heterocycles. The van der Waals surface area contributed by atoms with Crippen molar-refractivity contribution in [2.24, 2.45) is 0 Å². The first-order chi connectivity index (χ1) is 11.2. The summed E-state index contributed by atoms with van der Waals surface area (Å²) in [4.78, 5) is 12.5. The van der Waals surface area contributed by atoms with E-state index in [1.165, 1.54) is 0 Å². The van der Waals surface area contributed by atoms with Gasteiger partial charge in [0, 0.05) is 24.1 Å². The Morgan fingerprint density at radius 3 is 2.61 bits per heavy atom. The van der Waals surface area contributed by atoms with Gasteiger partial charge in [0.2, 0.25) is 0 Å². The summed E-state index contributed by atoms with van der Waals surface area (Å²) in [6.45, 7) is 5.16. The fourth-order valence-electron chi connectivity index (χ4n) is 2.78. The molecule has 1 aromatic carbocycles. The highest BCUT2D eigenvalue weighted by molar-refractivity contribution is 5.85. The van der Waals surface area contributed by atoms with Crippen LogP contribution in [0.15, 0.2) is 45.8 Å². The predicted octanol–water partition coefficient (Wildman–Crippen LogP) is 3.69. The first-order valence-corrected chi connectivity index (χ1v) is 7.61. The summed E-state index contributed by atoms with van der Waals surface area (Å²) < 4.78 is 18.5. The van der Waals surface area contributed by atoms with Crippen molar-refractivity contribution in [2.45, 2.75) is 20.4 Å². The number of aryl methyl sites for hydroxylation is 1. The Morgan fingerprint density at radius 2 is 2.00 bits per heavy atom. The van der Waals surface area contributed by atoms with Gasteiger partial charge in [-0.3, -0.25) is 4.79 Å². The number of nitrogens with zero attached hydrogens (tertiary/aromatic N) is 1. The molecule has 0 fully saturated rings. The van der Waals surface area contributed by atoms with Crippen molar-refractivity contribution in [2.75, 3.05) is 13.7 Å². The van der Waals surface area contributed by atoms with Crippen LogP contribution in [0, 0.1) is 0 Å². The Balaban J connectivity index is 2.36. The number of hydrogen-bond acceptors (Lipinski definition) is 4. The Bertz CT molecular complexity index is 878. The summed E-state index contributed by atoms with van der Waals surface area (Å²) >= 11 is 0. The van der Waals surface area contributed by atoms with E-state index in [0.29, 0.717) is 35.8 Å². The summed E-state index contributed by atoms with van der Waals surface area (Å²) in [7, 11) is 1.57. The van der Waals surface area contributed by atoms with Crippen LogP contribution < -0.4 is 14.9 Å². The van der Waals surface area contributed by atoms with E-state index in [1.807, 2.05) is 36.6 Å². The summed E-state index contributed by atoms with van der Waals surface area (Å²) in [6.07, 6.45) is 1.60. The highest BCUT2D eigenvalue weighted by Crippen LogP contribution is 2.33. The van der Waals surface area contributed by atoms with Crippen LogP contribution in [-0.4, -0.2) is 18.3 Å². The molecule has 120 valence electrons. The number of furan rings is 1. The molecule has 3 aromatic rings. The molecule has 5 nitrogen and oxygen atoms in total. The van der Waals surface area contributed by atoms with E-state index < -0.39 is 0 Å². The lowest BCUT2D eigenvalue weighted by Crippen LogP contribution is -2.11. The second-order valence-electron chi connectivity index (χ2n) is 5.07. The van der Waals surface area contributed by atoms with Gasteiger partial charge >= 0.3 is 0 Å². The minimum Gasteiger partial charge on any atom is -0.493 e. The number of hydrogen-bond donors (Lipinski definition) is 0. The van der Waals surface area contributed by atoms with Crippen LogP contribution in [0.3, 0.4) is 0 Å². The van der Waals surface area contributed by atoms with Gasteiger partial charge in [-0.1, -0.05) is 0 Å². The van der Waals surface area contributed by atoms with E-state index in [2.05, 4.69) is 0 Å². The Hall–Kier alpha value is -2.69. The molecule has 0 atom stereocenters. The number of rotatable bonds is 5. The number of ether oxygens (including phenoxy) is 2. The lowest BCUT2D eigenvalue weighted by molar-refractivity contribution is 0.311. The van der Waals surface area contributed by atoms with Crippen LogP contribution >= 0.6 is 0 Å². The maximum absolute atomic E-state index is 12.5. The molecule has 0 aliphatic rings. The van der Waals surface area contributed by atoms with Crippen LogP contribution in [0.2, 0.25) is 0 Å². The maximum Gasteiger partial charge on any atom is 0.190 e. The lowest BCUT2D eigenvalue weighted by Gasteiger charge is -2.16. The molecule has 3 rings (SSSR count). The molecule has 0 radical (unpaired) electrons. The number of aromatic nitrogens is 1. The maximum atomic E-state index is 12.5. The SMILES string of the molecule is CCOc1cc2c(cc1OC)c(=O)cc(-c1ccco1)n2CC. The molecule has 0 saturated heterocycles. The quantitative estimate of drug-likeness (QED) is 0.721. The highest BCUT2D eigenvalue weighted by atomic mass is 16.5. The topological polar surface area (TPSA) is 53.6 Å². The minimum absolute atomic E-state index is 0.0718. The molecular weight excluding hydrogens is 294 g/mol. The average molecular weight is 313 g/mol. The zero-order chi connectivity index (χ0) is 16.4. The fourth-order valence-corrected chi connectivity index (χ4v) is 2.78. The van der Waals surface area contributed by atoms with E-state index in [-0.39, 0.29) is 5.43 Å². The monoisotopic (exact) mass is 313 g/mol. The van der Waals surface area contributed by atoms with E-state index in [1.54, 1.807) is 25.5 Å². The number of fused-ring (bicyclic) bond motifs is 1. The highest BCUT2D eigenvalue weighted by Gasteiger charge is 2.15. The summed E-state index contributed by atoms with van der Waals surface area (Å²) in [6, 6.07) is 8.85. The molecule has 0 unspecified atom stereocenters. The van der Waals surface area contributed by atoms with Crippen molar-refractivity contribution in [1.29, 1.82) is 0 Å². The molecule has 0 N–H and O–H groups in total. The first kappa shape index (κ1) is 15.2. The summed E-state index contributed by atoms with van der Waals surface area (Å²) in [5.74, 6) is 1.85. The molecule has 5 heteroatoms. The molecule has 0 aliphatic carbocycles. The molecule has 0 saturated carbocycles. The van der Waals surface area contributed by atoms with Crippen molar-refractivity contribution in [3.63, 3.8) is 0 Å². The molecule has 0 amide bonds. The van der Waals surface area contributed by atoms with Crippen molar-refractivity contribution < 1.29 is 13.9 Å². The molecular formula is C18H19NO4. The standard InChI is InChI=1S/C18H19NO4/c1-4-19-13-11-18(22-5-2)17(21-3)9-12(13)15(20)10-14(19)16-7-6-8-23-16/h6-11H,4-5H2,1-3H3. The van der Waals surface area contributed by atoms with Gasteiger partial charge in [0.05, 0.1) is 31.2 Å². The van der Waals surface area contributed by atoms with Crippen molar-refractivity contribution >= 4 is 10.9 Å². The number of methoxy groups -OCH3 is 1. The second kappa shape index (κ2) is 6.20. The van der Waals surface area contributed by atoms with E-state index in [9.17, 15) is 4.79 Å². The number of pyridine rings is 1. The predicted molar refractivity (Wildman–Crippen MR) is 89.3 cm³/mol. The van der Waals surface area contributed by atoms with Crippen LogP contribution in [0.5, 0.6) is 11.5 Å². The Labute approximate surface area is 134 Å². The molecule has 0 aliphatic heterocycles. The second-order valence-corrected chi connectivity index (χ2v) is 5.07. The van der Waals surface area contributed by atoms with Gasteiger partial charge in [0.1, 0.15) is 5.76 Å². The van der Waals surface area contributed by atoms with E-state index in [0.717, 1.165) is 11.2 Å². The van der Waals surface area contributed by atoms with Crippen molar-refractivity contribution in [3.05, 3.63) is 46.8 Å². The third-order valence-corrected chi connectivity index (χ3v) is 3.79. The average Bonchev–Trinajstić information content (AvgIpc) is 3.09. The Morgan fingerprint density at radius 1 is 1.17 bits per heavy atom. The van der Waals surface area contributed by atoms with Gasteiger partial charge in [-0.2, -0.15) is 0 Å². The van der Waals surface area contributed by atoms with E-state index in [4.69, 9.17) is 13.9 Å². The van der Waals surface area contributed by atoms with Crippen LogP contribution in [0.25, 0.3) is 22.4 Å². The first-order valence-electron chi connectivity index (χ1n) is 7.61. The largest absolute Gasteiger partial charge is 0.493 e. The molecule has 23 heavy (non-hydrogen) atoms. The van der Waals surface area contributed by atoms with Crippen LogP contribution in [-0.2, 0) is 6.54 Å². The number of benzene rings is 1. The zero-order valence-electron chi connectivity index (χ0n) is 13.5. The van der Waals surface area contributed by atoms with Gasteiger partial charge in [-0.15, -0.1) is 0 Å². The van der Waals surface area contributed by atoms with E-state index >= 15 is 0 Å². The summed E-state index contributed by atoms with van der Waals surface area (Å²) in [5.41, 5.74) is 1.48. The fraction of sp³-hybridized carbons (Fsp3) is 0.278. The van der Waals surface area contributed by atoms with Crippen molar-refractivity contribution in [3.8, 4) is 23.0 Å². The molecule has 0 spiro atoms. The van der Waals surface area contributed by atoms with Gasteiger partial charge < -0.3 is 18.5 Å². The third kappa shape index (κ3) is 2.59.